The van der Waals surface area contributed by atoms with Crippen LogP contribution in [0.15, 0.2) is 34.8 Å². The molecule has 0 aliphatic carbocycles. The quantitative estimate of drug-likeness (QED) is 0.638. The lowest BCUT2D eigenvalue weighted by atomic mass is 10.1. The minimum absolute atomic E-state index is 0.0440. The molecule has 0 amide bonds. The number of ether oxygens (including phenoxy) is 2. The fourth-order valence-corrected chi connectivity index (χ4v) is 3.06. The summed E-state index contributed by atoms with van der Waals surface area (Å²) in [5.74, 6) is 0.219. The van der Waals surface area contributed by atoms with Crippen LogP contribution in [0.1, 0.15) is 17.5 Å². The maximum atomic E-state index is 10.7. The fourth-order valence-electron chi connectivity index (χ4n) is 2.08. The Hall–Kier alpha value is -1.43. The van der Waals surface area contributed by atoms with Gasteiger partial charge in [-0.3, -0.25) is 4.79 Å². The van der Waals surface area contributed by atoms with Crippen LogP contribution in [-0.2, 0) is 17.8 Å². The van der Waals surface area contributed by atoms with Crippen molar-refractivity contribution < 1.29 is 19.4 Å². The van der Waals surface area contributed by atoms with Gasteiger partial charge in [0.15, 0.2) is 11.5 Å². The number of hydrogen-bond acceptors (Lipinski definition) is 3. The number of aliphatic carboxylic acids is 1. The minimum atomic E-state index is -0.849. The highest BCUT2D eigenvalue weighted by atomic mass is 79.9. The van der Waals surface area contributed by atoms with Crippen LogP contribution in [-0.4, -0.2) is 18.2 Å². The molecule has 0 aromatic heterocycles. The van der Waals surface area contributed by atoms with E-state index in [0.717, 1.165) is 15.6 Å². The van der Waals surface area contributed by atoms with E-state index in [0.29, 0.717) is 28.0 Å². The van der Waals surface area contributed by atoms with E-state index in [4.69, 9.17) is 37.8 Å². The van der Waals surface area contributed by atoms with E-state index < -0.39 is 5.97 Å². The van der Waals surface area contributed by atoms with Gasteiger partial charge in [-0.2, -0.15) is 0 Å². The summed E-state index contributed by atoms with van der Waals surface area (Å²) in [7, 11) is 1.53. The molecule has 0 fully saturated rings. The summed E-state index contributed by atoms with van der Waals surface area (Å²) in [6.45, 7) is 0.257. The lowest BCUT2D eigenvalue weighted by Gasteiger charge is -2.14. The van der Waals surface area contributed by atoms with Gasteiger partial charge in [0.05, 0.1) is 7.11 Å². The Morgan fingerprint density at radius 3 is 2.54 bits per heavy atom. The molecule has 2 aromatic rings. The molecule has 2 rings (SSSR count). The molecule has 4 nitrogen and oxygen atoms in total. The summed E-state index contributed by atoms with van der Waals surface area (Å²) in [4.78, 5) is 10.7. The van der Waals surface area contributed by atoms with Gasteiger partial charge in [0.25, 0.3) is 0 Å². The first-order valence-corrected chi connectivity index (χ1v) is 8.60. The van der Waals surface area contributed by atoms with Crippen molar-refractivity contribution in [3.8, 4) is 11.5 Å². The summed E-state index contributed by atoms with van der Waals surface area (Å²) >= 11 is 15.5. The molecular formula is C17H15BrCl2O4. The molecule has 0 aliphatic heterocycles. The van der Waals surface area contributed by atoms with E-state index in [1.165, 1.54) is 7.11 Å². The van der Waals surface area contributed by atoms with Crippen molar-refractivity contribution in [1.82, 2.24) is 0 Å². The van der Waals surface area contributed by atoms with Crippen molar-refractivity contribution >= 4 is 45.1 Å². The van der Waals surface area contributed by atoms with Crippen LogP contribution in [0, 0.1) is 0 Å². The van der Waals surface area contributed by atoms with E-state index in [1.54, 1.807) is 30.3 Å². The largest absolute Gasteiger partial charge is 0.493 e. The smallest absolute Gasteiger partial charge is 0.303 e. The molecule has 128 valence electrons. The first-order chi connectivity index (χ1) is 11.4. The van der Waals surface area contributed by atoms with Gasteiger partial charge < -0.3 is 14.6 Å². The van der Waals surface area contributed by atoms with Gasteiger partial charge in [-0.05, 0) is 36.2 Å². The number of halogens is 3. The standard InChI is InChI=1S/C17H15BrCl2O4/c1-23-15-6-10(3-5-17(21)22)13(18)8-16(15)24-9-11-2-4-12(19)7-14(11)20/h2,4,6-8H,3,5,9H2,1H3,(H,21,22). The van der Waals surface area contributed by atoms with Crippen LogP contribution >= 0.6 is 39.1 Å². The van der Waals surface area contributed by atoms with E-state index in [9.17, 15) is 4.79 Å². The highest BCUT2D eigenvalue weighted by Crippen LogP contribution is 2.35. The molecule has 0 radical (unpaired) electrons. The van der Waals surface area contributed by atoms with Crippen molar-refractivity contribution in [2.45, 2.75) is 19.4 Å². The highest BCUT2D eigenvalue weighted by Gasteiger charge is 2.12. The zero-order chi connectivity index (χ0) is 17.7. The maximum absolute atomic E-state index is 10.7. The highest BCUT2D eigenvalue weighted by molar-refractivity contribution is 9.10. The maximum Gasteiger partial charge on any atom is 0.303 e. The Labute approximate surface area is 158 Å². The minimum Gasteiger partial charge on any atom is -0.493 e. The number of methoxy groups -OCH3 is 1. The van der Waals surface area contributed by atoms with Gasteiger partial charge >= 0.3 is 5.97 Å². The van der Waals surface area contributed by atoms with Crippen LogP contribution in [0.25, 0.3) is 0 Å². The third-order valence-electron chi connectivity index (χ3n) is 3.34. The molecule has 0 unspecified atom stereocenters. The normalized spacial score (nSPS) is 10.5. The van der Waals surface area contributed by atoms with Gasteiger partial charge in [0.1, 0.15) is 6.61 Å². The molecule has 7 heteroatoms. The van der Waals surface area contributed by atoms with Crippen molar-refractivity contribution in [2.24, 2.45) is 0 Å². The van der Waals surface area contributed by atoms with Gasteiger partial charge in [-0.1, -0.05) is 45.2 Å². The number of benzene rings is 2. The molecular weight excluding hydrogens is 419 g/mol. The molecule has 0 saturated carbocycles. The Bertz CT molecular complexity index is 750. The third kappa shape index (κ3) is 5.03. The topological polar surface area (TPSA) is 55.8 Å². The lowest BCUT2D eigenvalue weighted by Crippen LogP contribution is -2.01. The van der Waals surface area contributed by atoms with E-state index in [2.05, 4.69) is 15.9 Å². The average Bonchev–Trinajstić information content (AvgIpc) is 2.53. The van der Waals surface area contributed by atoms with Gasteiger partial charge in [0.2, 0.25) is 0 Å². The molecule has 0 aliphatic rings. The van der Waals surface area contributed by atoms with Crippen molar-refractivity contribution in [1.29, 1.82) is 0 Å². The fraction of sp³-hybridized carbons (Fsp3) is 0.235. The summed E-state index contributed by atoms with van der Waals surface area (Å²) in [5, 5.41) is 9.90. The van der Waals surface area contributed by atoms with Crippen molar-refractivity contribution in [3.63, 3.8) is 0 Å². The average molecular weight is 434 g/mol. The SMILES string of the molecule is COc1cc(CCC(=O)O)c(Br)cc1OCc1ccc(Cl)cc1Cl. The molecule has 0 spiro atoms. The van der Waals surface area contributed by atoms with E-state index in [1.807, 2.05) is 0 Å². The van der Waals surface area contributed by atoms with Crippen LogP contribution in [0.3, 0.4) is 0 Å². The number of carbonyl (C=O) groups is 1. The zero-order valence-corrected chi connectivity index (χ0v) is 15.9. The van der Waals surface area contributed by atoms with Gasteiger partial charge in [-0.25, -0.2) is 0 Å². The van der Waals surface area contributed by atoms with Gasteiger partial charge in [-0.15, -0.1) is 0 Å². The monoisotopic (exact) mass is 432 g/mol. The third-order valence-corrected chi connectivity index (χ3v) is 4.66. The van der Waals surface area contributed by atoms with Crippen LogP contribution in [0.5, 0.6) is 11.5 Å². The molecule has 0 bridgehead atoms. The van der Waals surface area contributed by atoms with Crippen molar-refractivity contribution in [3.05, 3.63) is 56.0 Å². The van der Waals surface area contributed by atoms with Crippen LogP contribution < -0.4 is 9.47 Å². The molecule has 0 saturated heterocycles. The first-order valence-electron chi connectivity index (χ1n) is 7.05. The van der Waals surface area contributed by atoms with E-state index >= 15 is 0 Å². The van der Waals surface area contributed by atoms with E-state index in [-0.39, 0.29) is 13.0 Å². The first kappa shape index (κ1) is 18.9. The number of carboxylic acids is 1. The number of hydrogen-bond donors (Lipinski definition) is 1. The molecule has 0 heterocycles. The van der Waals surface area contributed by atoms with Gasteiger partial charge in [0, 0.05) is 26.5 Å². The second-order valence-electron chi connectivity index (χ2n) is 5.01. The molecule has 24 heavy (non-hydrogen) atoms. The summed E-state index contributed by atoms with van der Waals surface area (Å²) < 4.78 is 11.9. The molecule has 2 aromatic carbocycles. The Balaban J connectivity index is 2.17. The van der Waals surface area contributed by atoms with Crippen LogP contribution in [0.2, 0.25) is 10.0 Å². The predicted octanol–water partition coefficient (Wildman–Crippen LogP) is 5.36. The second-order valence-corrected chi connectivity index (χ2v) is 6.71. The summed E-state index contributed by atoms with van der Waals surface area (Å²) in [6, 6.07) is 8.73. The number of carboxylic acid groups (broad SMARTS) is 1. The summed E-state index contributed by atoms with van der Waals surface area (Å²) in [6.07, 6.45) is 0.442. The zero-order valence-electron chi connectivity index (χ0n) is 12.8. The Kier molecular flexibility index (Phi) is 6.78. The number of aryl methyl sites for hydroxylation is 1. The Morgan fingerprint density at radius 1 is 1.17 bits per heavy atom. The van der Waals surface area contributed by atoms with Crippen molar-refractivity contribution in [2.75, 3.05) is 7.11 Å². The molecule has 0 atom stereocenters. The predicted molar refractivity (Wildman–Crippen MR) is 97.4 cm³/mol. The summed E-state index contributed by atoms with van der Waals surface area (Å²) in [5.41, 5.74) is 1.64. The second kappa shape index (κ2) is 8.60. The number of rotatable bonds is 7. The Morgan fingerprint density at radius 2 is 1.92 bits per heavy atom. The lowest BCUT2D eigenvalue weighted by molar-refractivity contribution is -0.136. The van der Waals surface area contributed by atoms with Crippen LogP contribution in [0.4, 0.5) is 0 Å². The molecule has 1 N–H and O–H groups in total.